The summed E-state index contributed by atoms with van der Waals surface area (Å²) in [4.78, 5) is 7.27. The Morgan fingerprint density at radius 3 is 2.88 bits per heavy atom. The Balaban J connectivity index is 1.49. The molecular weight excluding hydrogens is 344 g/mol. The molecule has 1 aromatic heterocycles. The van der Waals surface area contributed by atoms with Crippen LogP contribution in [0.2, 0.25) is 5.02 Å². The Kier molecular flexibility index (Phi) is 5.15. The van der Waals surface area contributed by atoms with Crippen LogP contribution in [0.15, 0.2) is 29.6 Å². The molecule has 1 aromatic carbocycles. The SMILES string of the molecule is Clc1ccccc1-c1nc(CN2CCCCC2C2OCCO2)cs1. The zero-order chi connectivity index (χ0) is 16.4. The van der Waals surface area contributed by atoms with Gasteiger partial charge >= 0.3 is 0 Å². The smallest absolute Gasteiger partial charge is 0.173 e. The van der Waals surface area contributed by atoms with Crippen molar-refractivity contribution in [3.8, 4) is 10.6 Å². The zero-order valence-electron chi connectivity index (χ0n) is 13.5. The average Bonchev–Trinajstić information content (AvgIpc) is 3.28. The van der Waals surface area contributed by atoms with E-state index in [0.717, 1.165) is 40.8 Å². The number of halogens is 1. The van der Waals surface area contributed by atoms with Gasteiger partial charge in [-0.2, -0.15) is 0 Å². The predicted molar refractivity (Wildman–Crippen MR) is 96.3 cm³/mol. The summed E-state index contributed by atoms with van der Waals surface area (Å²) in [6, 6.07) is 8.21. The Bertz CT molecular complexity index is 687. The topological polar surface area (TPSA) is 34.6 Å². The molecule has 2 aliphatic rings. The molecule has 0 spiro atoms. The summed E-state index contributed by atoms with van der Waals surface area (Å²) in [5.74, 6) is 0. The monoisotopic (exact) mass is 364 g/mol. The highest BCUT2D eigenvalue weighted by molar-refractivity contribution is 7.13. The first-order valence-electron chi connectivity index (χ1n) is 8.48. The molecule has 4 nitrogen and oxygen atoms in total. The van der Waals surface area contributed by atoms with Crippen LogP contribution in [0.25, 0.3) is 10.6 Å². The summed E-state index contributed by atoms with van der Waals surface area (Å²) < 4.78 is 11.5. The van der Waals surface area contributed by atoms with Crippen molar-refractivity contribution in [2.45, 2.75) is 38.1 Å². The fraction of sp³-hybridized carbons (Fsp3) is 0.500. The van der Waals surface area contributed by atoms with Crippen LogP contribution in [0.5, 0.6) is 0 Å². The fourth-order valence-electron chi connectivity index (χ4n) is 3.47. The van der Waals surface area contributed by atoms with Crippen molar-refractivity contribution in [1.82, 2.24) is 9.88 Å². The molecule has 24 heavy (non-hydrogen) atoms. The Hall–Kier alpha value is -0.980. The molecule has 2 aromatic rings. The second-order valence-corrected chi connectivity index (χ2v) is 7.53. The molecule has 128 valence electrons. The molecule has 0 bridgehead atoms. The zero-order valence-corrected chi connectivity index (χ0v) is 15.1. The highest BCUT2D eigenvalue weighted by Gasteiger charge is 2.33. The minimum Gasteiger partial charge on any atom is -0.349 e. The van der Waals surface area contributed by atoms with Crippen molar-refractivity contribution in [3.05, 3.63) is 40.4 Å². The summed E-state index contributed by atoms with van der Waals surface area (Å²) in [5.41, 5.74) is 2.10. The van der Waals surface area contributed by atoms with Crippen LogP contribution in [0, 0.1) is 0 Å². The number of piperidine rings is 1. The predicted octanol–water partition coefficient (Wildman–Crippen LogP) is 4.19. The third-order valence-electron chi connectivity index (χ3n) is 4.65. The minimum atomic E-state index is -0.0769. The first kappa shape index (κ1) is 16.5. The average molecular weight is 365 g/mol. The van der Waals surface area contributed by atoms with Crippen molar-refractivity contribution in [2.75, 3.05) is 19.8 Å². The lowest BCUT2D eigenvalue weighted by Crippen LogP contribution is -2.46. The van der Waals surface area contributed by atoms with Crippen LogP contribution in [0.4, 0.5) is 0 Å². The Morgan fingerprint density at radius 1 is 1.21 bits per heavy atom. The summed E-state index contributed by atoms with van der Waals surface area (Å²) >= 11 is 7.95. The maximum atomic E-state index is 6.29. The van der Waals surface area contributed by atoms with Crippen molar-refractivity contribution < 1.29 is 9.47 Å². The summed E-state index contributed by atoms with van der Waals surface area (Å²) in [6.45, 7) is 3.34. The number of aromatic nitrogens is 1. The standard InChI is InChI=1S/C18H21ClN2O2S/c19-15-6-2-1-5-14(15)17-20-13(12-24-17)11-21-8-4-3-7-16(21)18-22-9-10-23-18/h1-2,5-6,12,16,18H,3-4,7-11H2. The van der Waals surface area contributed by atoms with E-state index in [-0.39, 0.29) is 6.29 Å². The molecule has 1 unspecified atom stereocenters. The fourth-order valence-corrected chi connectivity index (χ4v) is 4.60. The number of ether oxygens (including phenoxy) is 2. The van der Waals surface area contributed by atoms with Gasteiger partial charge in [-0.05, 0) is 25.5 Å². The van der Waals surface area contributed by atoms with Gasteiger partial charge in [-0.25, -0.2) is 4.98 Å². The van der Waals surface area contributed by atoms with Crippen molar-refractivity contribution in [1.29, 1.82) is 0 Å². The summed E-state index contributed by atoms with van der Waals surface area (Å²) in [5, 5.41) is 3.88. The van der Waals surface area contributed by atoms with Crippen LogP contribution in [0.3, 0.4) is 0 Å². The minimum absolute atomic E-state index is 0.0769. The first-order valence-corrected chi connectivity index (χ1v) is 9.73. The van der Waals surface area contributed by atoms with E-state index in [4.69, 9.17) is 26.1 Å². The Labute approximate surface area is 151 Å². The van der Waals surface area contributed by atoms with Gasteiger partial charge in [0.05, 0.1) is 30.0 Å². The number of nitrogens with zero attached hydrogens (tertiary/aromatic N) is 2. The van der Waals surface area contributed by atoms with Gasteiger partial charge in [0.1, 0.15) is 5.01 Å². The largest absolute Gasteiger partial charge is 0.349 e. The van der Waals surface area contributed by atoms with E-state index < -0.39 is 0 Å². The van der Waals surface area contributed by atoms with Crippen LogP contribution in [0.1, 0.15) is 25.0 Å². The molecule has 2 aliphatic heterocycles. The molecule has 0 N–H and O–H groups in total. The van der Waals surface area contributed by atoms with Gasteiger partial charge in [-0.3, -0.25) is 4.90 Å². The van der Waals surface area contributed by atoms with Crippen molar-refractivity contribution in [3.63, 3.8) is 0 Å². The Morgan fingerprint density at radius 2 is 2.04 bits per heavy atom. The normalized spacial score (nSPS) is 23.0. The van der Waals surface area contributed by atoms with Crippen LogP contribution >= 0.6 is 22.9 Å². The number of benzene rings is 1. The van der Waals surface area contributed by atoms with E-state index in [1.54, 1.807) is 11.3 Å². The molecule has 0 saturated carbocycles. The molecule has 0 aliphatic carbocycles. The lowest BCUT2D eigenvalue weighted by atomic mass is 10.0. The van der Waals surface area contributed by atoms with Gasteiger partial charge < -0.3 is 9.47 Å². The lowest BCUT2D eigenvalue weighted by molar-refractivity contribution is -0.111. The van der Waals surface area contributed by atoms with E-state index in [9.17, 15) is 0 Å². The second kappa shape index (κ2) is 7.50. The number of hydrogen-bond acceptors (Lipinski definition) is 5. The number of likely N-dealkylation sites (tertiary alicyclic amines) is 1. The number of thiazole rings is 1. The van der Waals surface area contributed by atoms with Gasteiger partial charge in [0, 0.05) is 17.5 Å². The summed E-state index contributed by atoms with van der Waals surface area (Å²) in [7, 11) is 0. The molecule has 1 atom stereocenters. The quantitative estimate of drug-likeness (QED) is 0.814. The summed E-state index contributed by atoms with van der Waals surface area (Å²) in [6.07, 6.45) is 3.52. The van der Waals surface area contributed by atoms with Crippen molar-refractivity contribution in [2.24, 2.45) is 0 Å². The molecule has 0 amide bonds. The van der Waals surface area contributed by atoms with Gasteiger partial charge in [0.25, 0.3) is 0 Å². The molecule has 6 heteroatoms. The highest BCUT2D eigenvalue weighted by Crippen LogP contribution is 2.31. The van der Waals surface area contributed by atoms with Gasteiger partial charge in [-0.1, -0.05) is 36.2 Å². The number of rotatable bonds is 4. The van der Waals surface area contributed by atoms with E-state index >= 15 is 0 Å². The maximum Gasteiger partial charge on any atom is 0.173 e. The van der Waals surface area contributed by atoms with Gasteiger partial charge in [0.2, 0.25) is 0 Å². The molecule has 2 fully saturated rings. The highest BCUT2D eigenvalue weighted by atomic mass is 35.5. The van der Waals surface area contributed by atoms with Gasteiger partial charge in [0.15, 0.2) is 6.29 Å². The first-order chi connectivity index (χ1) is 11.8. The van der Waals surface area contributed by atoms with E-state index in [2.05, 4.69) is 10.3 Å². The third kappa shape index (κ3) is 3.51. The molecule has 2 saturated heterocycles. The van der Waals surface area contributed by atoms with Gasteiger partial charge in [-0.15, -0.1) is 11.3 Å². The van der Waals surface area contributed by atoms with Crippen LogP contribution in [-0.2, 0) is 16.0 Å². The van der Waals surface area contributed by atoms with Crippen molar-refractivity contribution >= 4 is 22.9 Å². The number of hydrogen-bond donors (Lipinski definition) is 0. The third-order valence-corrected chi connectivity index (χ3v) is 5.90. The van der Waals surface area contributed by atoms with E-state index in [0.29, 0.717) is 19.3 Å². The van der Waals surface area contributed by atoms with E-state index in [1.165, 1.54) is 12.8 Å². The maximum absolute atomic E-state index is 6.29. The lowest BCUT2D eigenvalue weighted by Gasteiger charge is -2.37. The van der Waals surface area contributed by atoms with E-state index in [1.807, 2.05) is 24.3 Å². The molecule has 4 rings (SSSR count). The second-order valence-electron chi connectivity index (χ2n) is 6.27. The molecule has 3 heterocycles. The molecular formula is C18H21ClN2O2S. The van der Waals surface area contributed by atoms with Crippen LogP contribution < -0.4 is 0 Å². The molecule has 0 radical (unpaired) electrons. The van der Waals surface area contributed by atoms with Crippen LogP contribution in [-0.4, -0.2) is 42.0 Å².